The van der Waals surface area contributed by atoms with Gasteiger partial charge in [-0.1, -0.05) is 32.9 Å². The molecular weight excluding hydrogens is 210 g/mol. The van der Waals surface area contributed by atoms with Gasteiger partial charge in [-0.2, -0.15) is 4.57 Å². The van der Waals surface area contributed by atoms with E-state index in [4.69, 9.17) is 4.42 Å². The van der Waals surface area contributed by atoms with Crippen molar-refractivity contribution in [2.75, 3.05) is 0 Å². The minimum absolute atomic E-state index is 0.169. The summed E-state index contributed by atoms with van der Waals surface area (Å²) in [6, 6.07) is 6.48. The van der Waals surface area contributed by atoms with Crippen molar-refractivity contribution in [3.63, 3.8) is 0 Å². The zero-order valence-corrected chi connectivity index (χ0v) is 11.2. The summed E-state index contributed by atoms with van der Waals surface area (Å²) in [6.07, 6.45) is 3.52. The molecule has 90 valence electrons. The molecule has 0 aliphatic heterocycles. The monoisotopic (exact) mass is 230 g/mol. The lowest BCUT2D eigenvalue weighted by Gasteiger charge is -2.22. The molecule has 17 heavy (non-hydrogen) atoms. The van der Waals surface area contributed by atoms with Crippen LogP contribution in [0, 0.1) is 6.92 Å². The SMILES string of the molecule is Cc1c(-c2coc[n+]2C)cccc1C(C)(C)C. The van der Waals surface area contributed by atoms with E-state index < -0.39 is 0 Å². The lowest BCUT2D eigenvalue weighted by molar-refractivity contribution is -0.664. The van der Waals surface area contributed by atoms with Crippen molar-refractivity contribution < 1.29 is 8.98 Å². The zero-order chi connectivity index (χ0) is 12.6. The number of rotatable bonds is 1. The van der Waals surface area contributed by atoms with Gasteiger partial charge in [0, 0.05) is 0 Å². The van der Waals surface area contributed by atoms with E-state index in [9.17, 15) is 0 Å². The summed E-state index contributed by atoms with van der Waals surface area (Å²) >= 11 is 0. The minimum Gasteiger partial charge on any atom is -0.412 e. The molecule has 0 spiro atoms. The first-order valence-electron chi connectivity index (χ1n) is 5.93. The van der Waals surface area contributed by atoms with Crippen molar-refractivity contribution in [1.82, 2.24) is 0 Å². The highest BCUT2D eigenvalue weighted by Crippen LogP contribution is 2.31. The van der Waals surface area contributed by atoms with Crippen molar-refractivity contribution in [3.05, 3.63) is 42.0 Å². The molecule has 0 saturated heterocycles. The second-order valence-corrected chi connectivity index (χ2v) is 5.58. The summed E-state index contributed by atoms with van der Waals surface area (Å²) in [5.74, 6) is 0. The van der Waals surface area contributed by atoms with Gasteiger partial charge < -0.3 is 4.42 Å². The van der Waals surface area contributed by atoms with E-state index in [1.807, 2.05) is 11.6 Å². The minimum atomic E-state index is 0.169. The van der Waals surface area contributed by atoms with Gasteiger partial charge in [-0.25, -0.2) is 0 Å². The fourth-order valence-corrected chi connectivity index (χ4v) is 2.31. The molecule has 2 heteroatoms. The molecule has 2 rings (SSSR count). The van der Waals surface area contributed by atoms with Gasteiger partial charge in [-0.05, 0) is 29.5 Å². The summed E-state index contributed by atoms with van der Waals surface area (Å²) in [4.78, 5) is 0. The third kappa shape index (κ3) is 2.12. The van der Waals surface area contributed by atoms with Crippen LogP contribution in [0.15, 0.2) is 35.3 Å². The Kier molecular flexibility index (Phi) is 2.82. The third-order valence-corrected chi connectivity index (χ3v) is 3.20. The molecular formula is C15H20NO+. The first-order valence-corrected chi connectivity index (χ1v) is 5.93. The average Bonchev–Trinajstić information content (AvgIpc) is 2.63. The lowest BCUT2D eigenvalue weighted by atomic mass is 9.82. The van der Waals surface area contributed by atoms with Gasteiger partial charge in [0.2, 0.25) is 0 Å². The fourth-order valence-electron chi connectivity index (χ4n) is 2.31. The smallest absolute Gasteiger partial charge is 0.334 e. The van der Waals surface area contributed by atoms with E-state index in [1.54, 1.807) is 12.7 Å². The Bertz CT molecular complexity index is 532. The van der Waals surface area contributed by atoms with E-state index in [0.717, 1.165) is 5.69 Å². The highest BCUT2D eigenvalue weighted by molar-refractivity contribution is 5.62. The Morgan fingerprint density at radius 3 is 2.41 bits per heavy atom. The molecule has 0 radical (unpaired) electrons. The molecule has 2 nitrogen and oxygen atoms in total. The summed E-state index contributed by atoms with van der Waals surface area (Å²) in [5.41, 5.74) is 5.25. The maximum Gasteiger partial charge on any atom is 0.334 e. The first-order chi connectivity index (χ1) is 7.91. The fraction of sp³-hybridized carbons (Fsp3) is 0.400. The number of hydrogen-bond acceptors (Lipinski definition) is 1. The van der Waals surface area contributed by atoms with Crippen LogP contribution in [0.4, 0.5) is 0 Å². The highest BCUT2D eigenvalue weighted by atomic mass is 16.3. The summed E-state index contributed by atoms with van der Waals surface area (Å²) < 4.78 is 7.25. The van der Waals surface area contributed by atoms with Gasteiger partial charge in [-0.15, -0.1) is 0 Å². The maximum absolute atomic E-state index is 5.24. The number of aromatic nitrogens is 1. The van der Waals surface area contributed by atoms with Gasteiger partial charge in [0.25, 0.3) is 5.69 Å². The molecule has 0 amide bonds. The molecule has 1 aromatic carbocycles. The van der Waals surface area contributed by atoms with Crippen molar-refractivity contribution in [3.8, 4) is 11.3 Å². The molecule has 0 saturated carbocycles. The van der Waals surface area contributed by atoms with Gasteiger partial charge in [0.05, 0.1) is 5.56 Å². The Balaban J connectivity index is 2.62. The second kappa shape index (κ2) is 4.02. The van der Waals surface area contributed by atoms with E-state index in [-0.39, 0.29) is 5.41 Å². The number of oxazole rings is 1. The van der Waals surface area contributed by atoms with Gasteiger partial charge in [0.15, 0.2) is 6.26 Å². The van der Waals surface area contributed by atoms with Crippen molar-refractivity contribution in [1.29, 1.82) is 0 Å². The quantitative estimate of drug-likeness (QED) is 0.686. The largest absolute Gasteiger partial charge is 0.412 e. The zero-order valence-electron chi connectivity index (χ0n) is 11.2. The normalized spacial score (nSPS) is 11.8. The van der Waals surface area contributed by atoms with Crippen LogP contribution in [0.25, 0.3) is 11.3 Å². The topological polar surface area (TPSA) is 17.0 Å². The summed E-state index contributed by atoms with van der Waals surface area (Å²) in [5, 5.41) is 0. The molecule has 0 aliphatic carbocycles. The molecule has 1 heterocycles. The Morgan fingerprint density at radius 2 is 1.88 bits per heavy atom. The molecule has 2 aromatic rings. The van der Waals surface area contributed by atoms with Crippen LogP contribution in [-0.2, 0) is 12.5 Å². The van der Waals surface area contributed by atoms with Crippen LogP contribution in [-0.4, -0.2) is 0 Å². The Labute approximate surface area is 103 Å². The van der Waals surface area contributed by atoms with Crippen LogP contribution in [0.5, 0.6) is 0 Å². The van der Waals surface area contributed by atoms with Crippen LogP contribution in [0.1, 0.15) is 31.9 Å². The van der Waals surface area contributed by atoms with Crippen molar-refractivity contribution >= 4 is 0 Å². The first kappa shape index (κ1) is 11.9. The maximum atomic E-state index is 5.24. The highest BCUT2D eigenvalue weighted by Gasteiger charge is 2.21. The number of aryl methyl sites for hydroxylation is 1. The summed E-state index contributed by atoms with van der Waals surface area (Å²) in [7, 11) is 2.00. The number of hydrogen-bond donors (Lipinski definition) is 0. The van der Waals surface area contributed by atoms with E-state index in [1.165, 1.54) is 16.7 Å². The average molecular weight is 230 g/mol. The van der Waals surface area contributed by atoms with E-state index in [2.05, 4.69) is 45.9 Å². The van der Waals surface area contributed by atoms with Crippen LogP contribution in [0.3, 0.4) is 0 Å². The number of nitrogens with zero attached hydrogens (tertiary/aromatic N) is 1. The van der Waals surface area contributed by atoms with E-state index >= 15 is 0 Å². The molecule has 0 fully saturated rings. The lowest BCUT2D eigenvalue weighted by Crippen LogP contribution is -2.27. The second-order valence-electron chi connectivity index (χ2n) is 5.58. The summed E-state index contributed by atoms with van der Waals surface area (Å²) in [6.45, 7) is 8.92. The van der Waals surface area contributed by atoms with Crippen LogP contribution >= 0.6 is 0 Å². The predicted molar refractivity (Wildman–Crippen MR) is 68.8 cm³/mol. The van der Waals surface area contributed by atoms with E-state index in [0.29, 0.717) is 0 Å². The third-order valence-electron chi connectivity index (χ3n) is 3.20. The molecule has 0 N–H and O–H groups in total. The molecule has 0 bridgehead atoms. The van der Waals surface area contributed by atoms with Gasteiger partial charge >= 0.3 is 6.39 Å². The Hall–Kier alpha value is -1.57. The molecule has 1 aromatic heterocycles. The Morgan fingerprint density at radius 1 is 1.18 bits per heavy atom. The molecule has 0 aliphatic rings. The van der Waals surface area contributed by atoms with Crippen molar-refractivity contribution in [2.24, 2.45) is 7.05 Å². The molecule has 0 unspecified atom stereocenters. The van der Waals surface area contributed by atoms with Crippen LogP contribution < -0.4 is 4.57 Å². The standard InChI is InChI=1S/C15H20NO/c1-11-12(14-9-17-10-16(14)5)7-6-8-13(11)15(2,3)4/h6-10H,1-5H3/q+1. The number of benzene rings is 1. The molecule has 0 atom stereocenters. The van der Waals surface area contributed by atoms with Gasteiger partial charge in [0.1, 0.15) is 7.05 Å². The van der Waals surface area contributed by atoms with Crippen LogP contribution in [0.2, 0.25) is 0 Å². The predicted octanol–water partition coefficient (Wildman–Crippen LogP) is 3.38. The van der Waals surface area contributed by atoms with Gasteiger partial charge in [-0.3, -0.25) is 0 Å². The van der Waals surface area contributed by atoms with Crippen molar-refractivity contribution in [2.45, 2.75) is 33.1 Å².